The van der Waals surface area contributed by atoms with Gasteiger partial charge in [-0.2, -0.15) is 0 Å². The maximum atomic E-state index is 12.3. The molecule has 0 bridgehead atoms. The van der Waals surface area contributed by atoms with E-state index in [1.165, 1.54) is 6.92 Å². The Morgan fingerprint density at radius 1 is 1.24 bits per heavy atom. The molecule has 98 valence electrons. The monoisotopic (exact) mass is 264 g/mol. The quantitative estimate of drug-likeness (QED) is 0.548. The van der Waals surface area contributed by atoms with Crippen molar-refractivity contribution in [3.63, 3.8) is 0 Å². The van der Waals surface area contributed by atoms with Crippen molar-refractivity contribution < 1.29 is 23.2 Å². The van der Waals surface area contributed by atoms with Crippen molar-refractivity contribution in [1.29, 1.82) is 0 Å². The molecule has 7 nitrogen and oxygen atoms in total. The highest BCUT2D eigenvalue weighted by molar-refractivity contribution is 7.54. The molecule has 3 amide bonds. The van der Waals surface area contributed by atoms with Gasteiger partial charge in [0.05, 0.1) is 19.4 Å². The SMILES string of the molecule is CCOP(=O)(CC1(C)NC(=O)NC1=O)OCC. The predicted molar refractivity (Wildman–Crippen MR) is 60.8 cm³/mol. The Kier molecular flexibility index (Phi) is 4.30. The van der Waals surface area contributed by atoms with Crippen LogP contribution < -0.4 is 10.6 Å². The smallest absolute Gasteiger partial charge is 0.323 e. The van der Waals surface area contributed by atoms with Crippen molar-refractivity contribution in [2.45, 2.75) is 26.3 Å². The van der Waals surface area contributed by atoms with Crippen LogP contribution in [0.1, 0.15) is 20.8 Å². The average molecular weight is 264 g/mol. The summed E-state index contributed by atoms with van der Waals surface area (Å²) in [4.78, 5) is 22.6. The van der Waals surface area contributed by atoms with E-state index in [-0.39, 0.29) is 19.4 Å². The van der Waals surface area contributed by atoms with Gasteiger partial charge in [0.2, 0.25) is 0 Å². The van der Waals surface area contributed by atoms with Crippen LogP contribution in [0.3, 0.4) is 0 Å². The molecule has 1 aliphatic rings. The Morgan fingerprint density at radius 2 is 1.76 bits per heavy atom. The van der Waals surface area contributed by atoms with Crippen LogP contribution >= 0.6 is 7.60 Å². The molecule has 0 aromatic carbocycles. The third-order valence-corrected chi connectivity index (χ3v) is 4.60. The number of nitrogens with one attached hydrogen (secondary N) is 2. The van der Waals surface area contributed by atoms with Gasteiger partial charge >= 0.3 is 13.6 Å². The summed E-state index contributed by atoms with van der Waals surface area (Å²) in [6, 6.07) is -0.600. The average Bonchev–Trinajstić information content (AvgIpc) is 2.39. The molecule has 1 unspecified atom stereocenters. The van der Waals surface area contributed by atoms with E-state index in [4.69, 9.17) is 9.05 Å². The fourth-order valence-electron chi connectivity index (χ4n) is 1.60. The number of hydrogen-bond acceptors (Lipinski definition) is 5. The zero-order valence-electron chi connectivity index (χ0n) is 10.1. The first-order valence-electron chi connectivity index (χ1n) is 5.37. The van der Waals surface area contributed by atoms with Gasteiger partial charge in [0.15, 0.2) is 0 Å². The van der Waals surface area contributed by atoms with Crippen LogP contribution in [0, 0.1) is 0 Å². The number of rotatable bonds is 6. The van der Waals surface area contributed by atoms with E-state index in [1.54, 1.807) is 13.8 Å². The zero-order chi connectivity index (χ0) is 13.1. The number of hydrogen-bond donors (Lipinski definition) is 2. The van der Waals surface area contributed by atoms with E-state index in [0.29, 0.717) is 0 Å². The van der Waals surface area contributed by atoms with Gasteiger partial charge < -0.3 is 14.4 Å². The molecule has 1 saturated heterocycles. The standard InChI is InChI=1S/C9H17N2O5P/c1-4-15-17(14,16-5-2)6-9(3)7(12)10-8(13)11-9/h4-6H2,1-3H3,(H2,10,11,12,13). The van der Waals surface area contributed by atoms with E-state index in [0.717, 1.165) is 0 Å². The summed E-state index contributed by atoms with van der Waals surface area (Å²) in [5, 5.41) is 4.51. The van der Waals surface area contributed by atoms with Crippen LogP contribution in [-0.2, 0) is 18.4 Å². The van der Waals surface area contributed by atoms with Crippen molar-refractivity contribution in [3.05, 3.63) is 0 Å². The lowest BCUT2D eigenvalue weighted by Gasteiger charge is -2.25. The Hall–Kier alpha value is -0.910. The second kappa shape index (κ2) is 5.16. The summed E-state index contributed by atoms with van der Waals surface area (Å²) in [5.41, 5.74) is -1.25. The molecule has 0 spiro atoms. The third-order valence-electron chi connectivity index (χ3n) is 2.28. The molecule has 0 aromatic rings. The van der Waals surface area contributed by atoms with Crippen LogP contribution in [0.2, 0.25) is 0 Å². The van der Waals surface area contributed by atoms with Crippen LogP contribution in [0.4, 0.5) is 4.79 Å². The van der Waals surface area contributed by atoms with Crippen molar-refractivity contribution >= 4 is 19.5 Å². The van der Waals surface area contributed by atoms with Gasteiger partial charge in [0.25, 0.3) is 5.91 Å². The Morgan fingerprint density at radius 3 is 2.12 bits per heavy atom. The maximum Gasteiger partial charge on any atom is 0.333 e. The predicted octanol–water partition coefficient (Wildman–Crippen LogP) is 0.851. The minimum Gasteiger partial charge on any atom is -0.323 e. The molecule has 8 heteroatoms. The molecular formula is C9H17N2O5P. The van der Waals surface area contributed by atoms with E-state index in [2.05, 4.69) is 10.6 Å². The normalized spacial score (nSPS) is 24.6. The van der Waals surface area contributed by atoms with Gasteiger partial charge in [-0.1, -0.05) is 0 Å². The molecule has 1 atom stereocenters. The Balaban J connectivity index is 2.83. The van der Waals surface area contributed by atoms with Gasteiger partial charge in [0.1, 0.15) is 5.54 Å². The molecule has 1 aliphatic heterocycles. The summed E-state index contributed by atoms with van der Waals surface area (Å²) >= 11 is 0. The van der Waals surface area contributed by atoms with Crippen molar-refractivity contribution in [2.75, 3.05) is 19.4 Å². The minimum absolute atomic E-state index is 0.181. The molecule has 0 radical (unpaired) electrons. The van der Waals surface area contributed by atoms with Gasteiger partial charge in [-0.05, 0) is 20.8 Å². The lowest BCUT2D eigenvalue weighted by molar-refractivity contribution is -0.122. The number of carbonyl (C=O) groups is 2. The van der Waals surface area contributed by atoms with Crippen molar-refractivity contribution in [2.24, 2.45) is 0 Å². The van der Waals surface area contributed by atoms with Crippen LogP contribution in [0.25, 0.3) is 0 Å². The summed E-state index contributed by atoms with van der Waals surface area (Å²) in [5.74, 6) is -0.526. The minimum atomic E-state index is -3.37. The van der Waals surface area contributed by atoms with E-state index in [1.807, 2.05) is 0 Å². The summed E-state index contributed by atoms with van der Waals surface area (Å²) in [6.45, 7) is 5.27. The fourth-order valence-corrected chi connectivity index (χ4v) is 3.64. The lowest BCUT2D eigenvalue weighted by Crippen LogP contribution is -2.47. The van der Waals surface area contributed by atoms with Crippen LogP contribution in [0.5, 0.6) is 0 Å². The first kappa shape index (κ1) is 14.2. The maximum absolute atomic E-state index is 12.3. The molecule has 1 fully saturated rings. The summed E-state index contributed by atoms with van der Waals surface area (Å²) in [6.07, 6.45) is -0.181. The van der Waals surface area contributed by atoms with Crippen LogP contribution in [-0.4, -0.2) is 36.9 Å². The van der Waals surface area contributed by atoms with E-state index in [9.17, 15) is 14.2 Å². The van der Waals surface area contributed by atoms with Crippen LogP contribution in [0.15, 0.2) is 0 Å². The topological polar surface area (TPSA) is 93.7 Å². The van der Waals surface area contributed by atoms with Gasteiger partial charge in [-0.15, -0.1) is 0 Å². The van der Waals surface area contributed by atoms with Gasteiger partial charge in [-0.25, -0.2) is 4.79 Å². The second-order valence-electron chi connectivity index (χ2n) is 3.84. The number of imide groups is 1. The molecule has 2 N–H and O–H groups in total. The number of urea groups is 1. The Bertz CT molecular complexity index is 362. The molecule has 1 heterocycles. The first-order valence-corrected chi connectivity index (χ1v) is 7.10. The molecule has 0 aliphatic carbocycles. The third kappa shape index (κ3) is 3.28. The molecular weight excluding hydrogens is 247 g/mol. The second-order valence-corrected chi connectivity index (χ2v) is 5.90. The summed E-state index contributed by atoms with van der Waals surface area (Å²) < 4.78 is 22.4. The fraction of sp³-hybridized carbons (Fsp3) is 0.778. The number of carbonyl (C=O) groups excluding carboxylic acids is 2. The number of amides is 3. The highest BCUT2D eigenvalue weighted by Crippen LogP contribution is 2.50. The van der Waals surface area contributed by atoms with Crippen molar-refractivity contribution in [3.8, 4) is 0 Å². The first-order chi connectivity index (χ1) is 7.85. The summed E-state index contributed by atoms with van der Waals surface area (Å²) in [7, 11) is -3.37. The van der Waals surface area contributed by atoms with Gasteiger partial charge in [0, 0.05) is 0 Å². The van der Waals surface area contributed by atoms with E-state index >= 15 is 0 Å². The Labute approximate surface area is 99.8 Å². The highest BCUT2D eigenvalue weighted by Gasteiger charge is 2.47. The zero-order valence-corrected chi connectivity index (χ0v) is 11.0. The largest absolute Gasteiger partial charge is 0.333 e. The lowest BCUT2D eigenvalue weighted by atomic mass is 10.1. The molecule has 1 rings (SSSR count). The highest BCUT2D eigenvalue weighted by atomic mass is 31.2. The van der Waals surface area contributed by atoms with E-state index < -0.39 is 25.1 Å². The molecule has 17 heavy (non-hydrogen) atoms. The molecule has 0 saturated carbocycles. The molecule has 0 aromatic heterocycles. The van der Waals surface area contributed by atoms with Gasteiger partial charge in [-0.3, -0.25) is 14.7 Å². The van der Waals surface area contributed by atoms with Crippen molar-refractivity contribution in [1.82, 2.24) is 10.6 Å².